The van der Waals surface area contributed by atoms with Crippen molar-refractivity contribution in [1.82, 2.24) is 15.1 Å². The van der Waals surface area contributed by atoms with Gasteiger partial charge in [-0.05, 0) is 50.6 Å². The van der Waals surface area contributed by atoms with Gasteiger partial charge in [0.05, 0.1) is 22.1 Å². The summed E-state index contributed by atoms with van der Waals surface area (Å²) in [5, 5.41) is 8.06. The van der Waals surface area contributed by atoms with E-state index in [1.165, 1.54) is 0 Å². The van der Waals surface area contributed by atoms with E-state index in [9.17, 15) is 9.59 Å². The smallest absolute Gasteiger partial charge is 0.251 e. The zero-order valence-electron chi connectivity index (χ0n) is 17.0. The van der Waals surface area contributed by atoms with Crippen molar-refractivity contribution < 1.29 is 9.59 Å². The number of benzene rings is 2. The third-order valence-electron chi connectivity index (χ3n) is 5.44. The third kappa shape index (κ3) is 3.83. The Balaban J connectivity index is 1.52. The summed E-state index contributed by atoms with van der Waals surface area (Å²) in [6.45, 7) is 4.92. The topological polar surface area (TPSA) is 67.2 Å². The molecule has 1 aliphatic heterocycles. The number of aromatic nitrogens is 2. The number of aryl methyl sites for hydroxylation is 1. The molecule has 2 heterocycles. The van der Waals surface area contributed by atoms with Crippen LogP contribution in [0.5, 0.6) is 0 Å². The van der Waals surface area contributed by atoms with Gasteiger partial charge < -0.3 is 10.2 Å². The second kappa shape index (κ2) is 8.32. The summed E-state index contributed by atoms with van der Waals surface area (Å²) in [4.78, 5) is 26.5. The predicted molar refractivity (Wildman–Crippen MR) is 117 cm³/mol. The molecule has 1 aromatic heterocycles. The Hall–Kier alpha value is -3.12. The van der Waals surface area contributed by atoms with E-state index >= 15 is 0 Å². The Morgan fingerprint density at radius 3 is 2.63 bits per heavy atom. The Morgan fingerprint density at radius 1 is 1.17 bits per heavy atom. The zero-order chi connectivity index (χ0) is 21.3. The molecule has 0 spiro atoms. The first-order valence-corrected chi connectivity index (χ1v) is 10.3. The standard InChI is InChI=1S/C23H23ClN4O2/c1-15-19(16(2)28(26-15)18-7-4-3-5-8-18)14-25-23(30)17-10-11-20(24)21(13-17)27-12-6-9-22(27)29/h3-5,7-8,10-11,13H,6,9,12,14H2,1-2H3,(H,25,30). The number of hydrogen-bond donors (Lipinski definition) is 1. The first-order valence-electron chi connectivity index (χ1n) is 9.94. The van der Waals surface area contributed by atoms with Crippen LogP contribution in [0.3, 0.4) is 0 Å². The second-order valence-electron chi connectivity index (χ2n) is 7.39. The maximum Gasteiger partial charge on any atom is 0.251 e. The number of nitrogens with one attached hydrogen (secondary N) is 1. The summed E-state index contributed by atoms with van der Waals surface area (Å²) in [5.74, 6) is -0.181. The van der Waals surface area contributed by atoms with Gasteiger partial charge in [-0.2, -0.15) is 5.10 Å². The highest BCUT2D eigenvalue weighted by Crippen LogP contribution is 2.30. The van der Waals surface area contributed by atoms with Crippen molar-refractivity contribution in [3.8, 4) is 5.69 Å². The SMILES string of the molecule is Cc1nn(-c2ccccc2)c(C)c1CNC(=O)c1ccc(Cl)c(N2CCCC2=O)c1. The fraction of sp³-hybridized carbons (Fsp3) is 0.261. The van der Waals surface area contributed by atoms with Crippen molar-refractivity contribution in [2.75, 3.05) is 11.4 Å². The van der Waals surface area contributed by atoms with Gasteiger partial charge in [-0.1, -0.05) is 29.8 Å². The van der Waals surface area contributed by atoms with Gasteiger partial charge in [0.25, 0.3) is 5.91 Å². The molecule has 0 saturated carbocycles. The number of halogens is 1. The summed E-state index contributed by atoms with van der Waals surface area (Å²) in [5.41, 5.74) is 4.88. The number of amides is 2. The quantitative estimate of drug-likeness (QED) is 0.670. The summed E-state index contributed by atoms with van der Waals surface area (Å²) >= 11 is 6.29. The summed E-state index contributed by atoms with van der Waals surface area (Å²) in [7, 11) is 0. The lowest BCUT2D eigenvalue weighted by molar-refractivity contribution is -0.117. The number of para-hydroxylation sites is 1. The van der Waals surface area contributed by atoms with Crippen LogP contribution in [0.2, 0.25) is 5.02 Å². The molecule has 0 atom stereocenters. The lowest BCUT2D eigenvalue weighted by atomic mass is 10.1. The molecule has 0 unspecified atom stereocenters. The molecule has 1 fully saturated rings. The normalized spacial score (nSPS) is 13.7. The van der Waals surface area contributed by atoms with Gasteiger partial charge >= 0.3 is 0 Å². The summed E-state index contributed by atoms with van der Waals surface area (Å²) in [6, 6.07) is 14.9. The molecular weight excluding hydrogens is 400 g/mol. The van der Waals surface area contributed by atoms with E-state index in [-0.39, 0.29) is 11.8 Å². The number of carbonyl (C=O) groups is 2. The maximum atomic E-state index is 12.8. The Kier molecular flexibility index (Phi) is 5.59. The van der Waals surface area contributed by atoms with Gasteiger partial charge in [0.2, 0.25) is 5.91 Å². The molecule has 2 amide bonds. The van der Waals surface area contributed by atoms with Gasteiger partial charge in [-0.25, -0.2) is 4.68 Å². The van der Waals surface area contributed by atoms with Crippen molar-refractivity contribution in [1.29, 1.82) is 0 Å². The lowest BCUT2D eigenvalue weighted by Crippen LogP contribution is -2.26. The molecule has 1 N–H and O–H groups in total. The number of carbonyl (C=O) groups excluding carboxylic acids is 2. The van der Waals surface area contributed by atoms with Crippen LogP contribution in [0, 0.1) is 13.8 Å². The Bertz CT molecular complexity index is 1110. The van der Waals surface area contributed by atoms with Crippen molar-refractivity contribution in [2.45, 2.75) is 33.2 Å². The van der Waals surface area contributed by atoms with Crippen LogP contribution >= 0.6 is 11.6 Å². The lowest BCUT2D eigenvalue weighted by Gasteiger charge is -2.18. The molecule has 30 heavy (non-hydrogen) atoms. The van der Waals surface area contributed by atoms with Crippen LogP contribution in [0.4, 0.5) is 5.69 Å². The van der Waals surface area contributed by atoms with Crippen LogP contribution in [0.25, 0.3) is 5.69 Å². The molecular formula is C23H23ClN4O2. The average Bonchev–Trinajstić information content (AvgIpc) is 3.30. The maximum absolute atomic E-state index is 12.8. The molecule has 4 rings (SSSR count). The molecule has 1 aliphatic rings. The predicted octanol–water partition coefficient (Wildman–Crippen LogP) is 4.20. The van der Waals surface area contributed by atoms with Gasteiger partial charge in [0, 0.05) is 36.3 Å². The molecule has 3 aromatic rings. The number of anilines is 1. The van der Waals surface area contributed by atoms with E-state index in [1.54, 1.807) is 23.1 Å². The van der Waals surface area contributed by atoms with E-state index in [0.717, 1.165) is 29.1 Å². The van der Waals surface area contributed by atoms with Crippen molar-refractivity contribution in [3.05, 3.63) is 76.1 Å². The van der Waals surface area contributed by atoms with Gasteiger partial charge in [-0.15, -0.1) is 0 Å². The summed E-state index contributed by atoms with van der Waals surface area (Å²) in [6.07, 6.45) is 1.31. The third-order valence-corrected chi connectivity index (χ3v) is 5.76. The van der Waals surface area contributed by atoms with Crippen molar-refractivity contribution in [3.63, 3.8) is 0 Å². The van der Waals surface area contributed by atoms with Gasteiger partial charge in [0.15, 0.2) is 0 Å². The fourth-order valence-corrected chi connectivity index (χ4v) is 4.01. The van der Waals surface area contributed by atoms with Crippen LogP contribution in [0.15, 0.2) is 48.5 Å². The van der Waals surface area contributed by atoms with Crippen LogP contribution < -0.4 is 10.2 Å². The highest BCUT2D eigenvalue weighted by molar-refractivity contribution is 6.34. The number of nitrogens with zero attached hydrogens (tertiary/aromatic N) is 3. The second-order valence-corrected chi connectivity index (χ2v) is 7.80. The monoisotopic (exact) mass is 422 g/mol. The molecule has 0 radical (unpaired) electrons. The van der Waals surface area contributed by atoms with Crippen molar-refractivity contribution >= 4 is 29.1 Å². The van der Waals surface area contributed by atoms with Crippen LogP contribution in [0.1, 0.15) is 40.2 Å². The van der Waals surface area contributed by atoms with Gasteiger partial charge in [0.1, 0.15) is 0 Å². The highest BCUT2D eigenvalue weighted by atomic mass is 35.5. The molecule has 2 aromatic carbocycles. The van der Waals surface area contributed by atoms with E-state index in [0.29, 0.717) is 35.8 Å². The van der Waals surface area contributed by atoms with Crippen LogP contribution in [-0.4, -0.2) is 28.1 Å². The highest BCUT2D eigenvalue weighted by Gasteiger charge is 2.24. The zero-order valence-corrected chi connectivity index (χ0v) is 17.7. The molecule has 0 aliphatic carbocycles. The molecule has 154 valence electrons. The average molecular weight is 423 g/mol. The first-order chi connectivity index (χ1) is 14.5. The number of hydrogen-bond acceptors (Lipinski definition) is 3. The Morgan fingerprint density at radius 2 is 1.93 bits per heavy atom. The Labute approximate surface area is 180 Å². The molecule has 7 heteroatoms. The largest absolute Gasteiger partial charge is 0.348 e. The first kappa shape index (κ1) is 20.2. The number of rotatable bonds is 5. The summed E-state index contributed by atoms with van der Waals surface area (Å²) < 4.78 is 1.89. The molecule has 1 saturated heterocycles. The van der Waals surface area contributed by atoms with Crippen LogP contribution in [-0.2, 0) is 11.3 Å². The van der Waals surface area contributed by atoms with E-state index in [2.05, 4.69) is 10.4 Å². The minimum Gasteiger partial charge on any atom is -0.348 e. The molecule has 6 nitrogen and oxygen atoms in total. The minimum absolute atomic E-state index is 0.0361. The van der Waals surface area contributed by atoms with Crippen molar-refractivity contribution in [2.24, 2.45) is 0 Å². The fourth-order valence-electron chi connectivity index (χ4n) is 3.79. The molecule has 0 bridgehead atoms. The minimum atomic E-state index is -0.217. The van der Waals surface area contributed by atoms with E-state index < -0.39 is 0 Å². The van der Waals surface area contributed by atoms with E-state index in [4.69, 9.17) is 11.6 Å². The van der Waals surface area contributed by atoms with Gasteiger partial charge in [-0.3, -0.25) is 9.59 Å². The van der Waals surface area contributed by atoms with E-state index in [1.807, 2.05) is 48.9 Å².